The Morgan fingerprint density at radius 1 is 0.817 bits per heavy atom. The molecule has 5 aromatic carbocycles. The van der Waals surface area contributed by atoms with Crippen LogP contribution in [0, 0.1) is 6.92 Å². The van der Waals surface area contributed by atoms with Crippen LogP contribution in [0.4, 0.5) is 0 Å². The summed E-state index contributed by atoms with van der Waals surface area (Å²) in [5, 5.41) is 12.6. The molecule has 6 aromatic rings. The molecule has 1 aromatic heterocycles. The zero-order chi connectivity index (χ0) is 41.9. The van der Waals surface area contributed by atoms with Gasteiger partial charge in [0.05, 0.1) is 23.7 Å². The second kappa shape index (κ2) is 20.2. The van der Waals surface area contributed by atoms with E-state index in [-0.39, 0.29) is 36.7 Å². The molecule has 1 amide bonds. The molecule has 0 spiro atoms. The van der Waals surface area contributed by atoms with E-state index in [2.05, 4.69) is 27.0 Å². The molecule has 2 heterocycles. The first-order valence-corrected chi connectivity index (χ1v) is 21.8. The minimum atomic E-state index is -3.98. The maximum absolute atomic E-state index is 13.8. The second-order valence-corrected chi connectivity index (χ2v) is 17.1. The Morgan fingerprint density at radius 3 is 2.23 bits per heavy atom. The van der Waals surface area contributed by atoms with Gasteiger partial charge in [0.2, 0.25) is 15.9 Å². The summed E-state index contributed by atoms with van der Waals surface area (Å²) in [7, 11) is -1.88. The standard InChI is InChI=1S/C49H52N4O6S/c1-35-15-25-44(26-16-35)60(56,57)52-46(30-36-10-4-3-5-11-36)48(55)51-32-41-12-6-7-14-45(41)38-21-23-40(24-22-38)49-58-43(33-53(2)29-27-42-13-8-9-28-50-42)31-47(59-49)39-19-17-37(34-54)18-20-39/h3-26,28,43,46-47,49,52,54H,27,29-34H2,1-2H3,(H,51,55)/t43-,46-,47+,49+/m1/s1. The Morgan fingerprint density at radius 2 is 1.52 bits per heavy atom. The number of likely N-dealkylation sites (N-methyl/N-ethyl adjacent to an activating group) is 1. The predicted octanol–water partition coefficient (Wildman–Crippen LogP) is 7.48. The lowest BCUT2D eigenvalue weighted by Gasteiger charge is -2.38. The van der Waals surface area contributed by atoms with Crippen molar-refractivity contribution in [2.45, 2.75) is 68.8 Å². The summed E-state index contributed by atoms with van der Waals surface area (Å²) in [6.45, 7) is 3.61. The van der Waals surface area contributed by atoms with Gasteiger partial charge in [0.25, 0.3) is 0 Å². The molecule has 1 fully saturated rings. The van der Waals surface area contributed by atoms with Crippen molar-refractivity contribution in [1.29, 1.82) is 0 Å². The number of pyridine rings is 1. The van der Waals surface area contributed by atoms with Crippen LogP contribution in [0.1, 0.15) is 57.9 Å². The number of benzene rings is 5. The number of carbonyl (C=O) groups excluding carboxylic acids is 1. The van der Waals surface area contributed by atoms with Crippen molar-refractivity contribution >= 4 is 15.9 Å². The van der Waals surface area contributed by atoms with E-state index in [9.17, 15) is 18.3 Å². The number of aliphatic hydroxyl groups is 1. The second-order valence-electron chi connectivity index (χ2n) is 15.4. The summed E-state index contributed by atoms with van der Waals surface area (Å²) in [6, 6.07) is 44.7. The van der Waals surface area contributed by atoms with Gasteiger partial charge in [-0.1, -0.05) is 127 Å². The highest BCUT2D eigenvalue weighted by Crippen LogP contribution is 2.39. The Kier molecular flexibility index (Phi) is 14.3. The molecule has 310 valence electrons. The van der Waals surface area contributed by atoms with Crippen LogP contribution in [0.5, 0.6) is 0 Å². The zero-order valence-electron chi connectivity index (χ0n) is 34.0. The van der Waals surface area contributed by atoms with Crippen LogP contribution in [-0.2, 0) is 50.3 Å². The largest absolute Gasteiger partial charge is 0.392 e. The molecule has 0 radical (unpaired) electrons. The number of rotatable bonds is 17. The lowest BCUT2D eigenvalue weighted by atomic mass is 9.97. The summed E-state index contributed by atoms with van der Waals surface area (Å²) >= 11 is 0. The molecule has 1 aliphatic rings. The average Bonchev–Trinajstić information content (AvgIpc) is 3.28. The third-order valence-electron chi connectivity index (χ3n) is 10.8. The molecule has 11 heteroatoms. The van der Waals surface area contributed by atoms with Crippen molar-refractivity contribution in [2.75, 3.05) is 20.1 Å². The van der Waals surface area contributed by atoms with Crippen LogP contribution in [0.25, 0.3) is 11.1 Å². The molecule has 0 saturated carbocycles. The Labute approximate surface area is 353 Å². The maximum Gasteiger partial charge on any atom is 0.241 e. The molecule has 10 nitrogen and oxygen atoms in total. The number of amides is 1. The van der Waals surface area contributed by atoms with Gasteiger partial charge in [0.15, 0.2) is 6.29 Å². The van der Waals surface area contributed by atoms with Gasteiger partial charge in [0.1, 0.15) is 6.04 Å². The number of aliphatic hydroxyl groups excluding tert-OH is 1. The average molecular weight is 825 g/mol. The van der Waals surface area contributed by atoms with Crippen LogP contribution in [0.3, 0.4) is 0 Å². The number of aromatic nitrogens is 1. The van der Waals surface area contributed by atoms with E-state index in [0.29, 0.717) is 13.0 Å². The normalized spacial score (nSPS) is 17.3. The van der Waals surface area contributed by atoms with Crippen molar-refractivity contribution in [3.63, 3.8) is 0 Å². The molecule has 3 N–H and O–H groups in total. The van der Waals surface area contributed by atoms with Gasteiger partial charge < -0.3 is 24.8 Å². The van der Waals surface area contributed by atoms with Crippen molar-refractivity contribution in [2.24, 2.45) is 0 Å². The molecule has 60 heavy (non-hydrogen) atoms. The summed E-state index contributed by atoms with van der Waals surface area (Å²) in [4.78, 5) is 20.7. The minimum absolute atomic E-state index is 0.0199. The fourth-order valence-electron chi connectivity index (χ4n) is 7.42. The van der Waals surface area contributed by atoms with Crippen LogP contribution in [0.2, 0.25) is 0 Å². The van der Waals surface area contributed by atoms with Gasteiger partial charge >= 0.3 is 0 Å². The minimum Gasteiger partial charge on any atom is -0.392 e. The number of hydrogen-bond donors (Lipinski definition) is 3. The fourth-order valence-corrected chi connectivity index (χ4v) is 8.61. The molecule has 1 aliphatic heterocycles. The number of hydrogen-bond acceptors (Lipinski definition) is 8. The lowest BCUT2D eigenvalue weighted by Crippen LogP contribution is -2.47. The number of carbonyl (C=O) groups is 1. The summed E-state index contributed by atoms with van der Waals surface area (Å²) in [5.74, 6) is -0.427. The molecule has 0 aliphatic carbocycles. The Balaban J connectivity index is 1.05. The monoisotopic (exact) mass is 824 g/mol. The summed E-state index contributed by atoms with van der Waals surface area (Å²) in [6.07, 6.45) is 2.61. The lowest BCUT2D eigenvalue weighted by molar-refractivity contribution is -0.252. The van der Waals surface area contributed by atoms with E-state index >= 15 is 0 Å². The van der Waals surface area contributed by atoms with Crippen molar-refractivity contribution in [1.82, 2.24) is 19.9 Å². The van der Waals surface area contributed by atoms with Crippen LogP contribution >= 0.6 is 0 Å². The van der Waals surface area contributed by atoms with Gasteiger partial charge in [-0.15, -0.1) is 0 Å². The first-order valence-electron chi connectivity index (χ1n) is 20.3. The first-order chi connectivity index (χ1) is 29.1. The van der Waals surface area contributed by atoms with E-state index in [1.807, 2.05) is 134 Å². The van der Waals surface area contributed by atoms with E-state index in [1.54, 1.807) is 24.3 Å². The molecule has 0 bridgehead atoms. The highest BCUT2D eigenvalue weighted by atomic mass is 32.2. The van der Waals surface area contributed by atoms with Gasteiger partial charge in [-0.05, 0) is 78.0 Å². The molecular formula is C49H52N4O6S. The highest BCUT2D eigenvalue weighted by Gasteiger charge is 2.33. The topological polar surface area (TPSA) is 130 Å². The van der Waals surface area contributed by atoms with Crippen molar-refractivity contribution in [3.05, 3.63) is 191 Å². The van der Waals surface area contributed by atoms with Gasteiger partial charge in [-0.2, -0.15) is 4.72 Å². The Bertz CT molecular complexity index is 2400. The van der Waals surface area contributed by atoms with Crippen molar-refractivity contribution < 1.29 is 27.8 Å². The van der Waals surface area contributed by atoms with E-state index in [1.165, 1.54) is 0 Å². The summed E-state index contributed by atoms with van der Waals surface area (Å²) < 4.78 is 42.8. The van der Waals surface area contributed by atoms with Gasteiger partial charge in [0, 0.05) is 49.9 Å². The quantitative estimate of drug-likeness (QED) is 0.0864. The first kappa shape index (κ1) is 42.6. The fraction of sp³-hybridized carbons (Fsp3) is 0.265. The van der Waals surface area contributed by atoms with Crippen LogP contribution in [0.15, 0.2) is 157 Å². The van der Waals surface area contributed by atoms with Crippen LogP contribution in [-0.4, -0.2) is 61.6 Å². The van der Waals surface area contributed by atoms with Gasteiger partial charge in [-0.25, -0.2) is 8.42 Å². The van der Waals surface area contributed by atoms with Crippen molar-refractivity contribution in [3.8, 4) is 11.1 Å². The Hall–Kier alpha value is -5.53. The smallest absolute Gasteiger partial charge is 0.241 e. The number of aryl methyl sites for hydroxylation is 1. The molecule has 0 unspecified atom stereocenters. The number of nitrogens with zero attached hydrogens (tertiary/aromatic N) is 2. The number of sulfonamides is 1. The SMILES string of the molecule is Cc1ccc(S(=O)(=O)N[C@H](Cc2ccccc2)C(=O)NCc2ccccc2-c2ccc([C@H]3O[C@@H](CN(C)CCc4ccccn4)C[C@@H](c4ccc(CO)cc4)O3)cc2)cc1. The highest BCUT2D eigenvalue weighted by molar-refractivity contribution is 7.89. The molecule has 7 rings (SSSR count). The number of nitrogens with one attached hydrogen (secondary N) is 2. The molecule has 1 saturated heterocycles. The van der Waals surface area contributed by atoms with Gasteiger partial charge in [-0.3, -0.25) is 9.78 Å². The zero-order valence-corrected chi connectivity index (χ0v) is 34.8. The predicted molar refractivity (Wildman–Crippen MR) is 233 cm³/mol. The van der Waals surface area contributed by atoms with Crippen LogP contribution < -0.4 is 10.0 Å². The van der Waals surface area contributed by atoms with E-state index < -0.39 is 28.3 Å². The summed E-state index contributed by atoms with van der Waals surface area (Å²) in [5.41, 5.74) is 8.34. The molecule has 4 atom stereocenters. The number of ether oxygens (including phenoxy) is 2. The van der Waals surface area contributed by atoms with E-state index in [0.717, 1.165) is 63.2 Å². The third kappa shape index (κ3) is 11.4. The molecular weight excluding hydrogens is 773 g/mol. The third-order valence-corrected chi connectivity index (χ3v) is 12.3. The maximum atomic E-state index is 13.8. The van der Waals surface area contributed by atoms with E-state index in [4.69, 9.17) is 9.47 Å².